The summed E-state index contributed by atoms with van der Waals surface area (Å²) in [7, 11) is 1.17. The van der Waals surface area contributed by atoms with Gasteiger partial charge in [0, 0.05) is 12.8 Å². The van der Waals surface area contributed by atoms with Crippen LogP contribution in [0.2, 0.25) is 0 Å². The molecule has 9 nitrogen and oxygen atoms in total. The number of carbonyl (C=O) groups excluding carboxylic acids is 2. The first-order chi connectivity index (χ1) is 39.5. The van der Waals surface area contributed by atoms with Crippen molar-refractivity contribution in [2.24, 2.45) is 0 Å². The normalized spacial score (nSPS) is 13.4. The van der Waals surface area contributed by atoms with E-state index < -0.39 is 26.5 Å². The van der Waals surface area contributed by atoms with Gasteiger partial charge in [0.1, 0.15) is 19.8 Å². The molecule has 10 heteroatoms. The summed E-state index contributed by atoms with van der Waals surface area (Å²) in [6, 6.07) is 0. The number of carbonyl (C=O) groups is 2. The van der Waals surface area contributed by atoms with E-state index in [9.17, 15) is 19.0 Å². The molecule has 0 rings (SSSR count). The number of nitrogens with zero attached hydrogens (tertiary/aromatic N) is 1. The Balaban J connectivity index is 3.94. The minimum atomic E-state index is -4.64. The van der Waals surface area contributed by atoms with E-state index in [4.69, 9.17) is 18.5 Å². The Labute approximate surface area is 503 Å². The smallest absolute Gasteiger partial charge is 0.306 e. The van der Waals surface area contributed by atoms with Crippen LogP contribution in [0.1, 0.15) is 341 Å². The Morgan fingerprint density at radius 1 is 0.395 bits per heavy atom. The molecule has 0 N–H and O–H groups in total. The lowest BCUT2D eigenvalue weighted by molar-refractivity contribution is -0.870. The van der Waals surface area contributed by atoms with Crippen molar-refractivity contribution in [2.45, 2.75) is 347 Å². The molecule has 476 valence electrons. The lowest BCUT2D eigenvalue weighted by atomic mass is 10.0. The van der Waals surface area contributed by atoms with Crippen molar-refractivity contribution >= 4 is 19.8 Å². The number of rotatable bonds is 65. The summed E-state index contributed by atoms with van der Waals surface area (Å²) in [4.78, 5) is 38.0. The molecule has 0 aromatic heterocycles. The van der Waals surface area contributed by atoms with Crippen LogP contribution in [0, 0.1) is 0 Å². The van der Waals surface area contributed by atoms with Gasteiger partial charge in [-0.1, -0.05) is 326 Å². The maximum Gasteiger partial charge on any atom is 0.306 e. The van der Waals surface area contributed by atoms with E-state index in [0.29, 0.717) is 17.4 Å². The predicted molar refractivity (Wildman–Crippen MR) is 347 cm³/mol. The highest BCUT2D eigenvalue weighted by Crippen LogP contribution is 2.38. The van der Waals surface area contributed by atoms with Gasteiger partial charge in [0.2, 0.25) is 0 Å². The highest BCUT2D eigenvalue weighted by molar-refractivity contribution is 7.45. The van der Waals surface area contributed by atoms with Gasteiger partial charge in [0.05, 0.1) is 27.7 Å². The molecule has 0 spiro atoms. The summed E-state index contributed by atoms with van der Waals surface area (Å²) in [5, 5.41) is 0. The van der Waals surface area contributed by atoms with Gasteiger partial charge in [-0.25, -0.2) is 0 Å². The lowest BCUT2D eigenvalue weighted by Gasteiger charge is -2.28. The third-order valence-electron chi connectivity index (χ3n) is 15.6. The van der Waals surface area contributed by atoms with Crippen molar-refractivity contribution in [3.05, 3.63) is 48.6 Å². The molecule has 0 aromatic rings. The molecule has 0 fully saturated rings. The van der Waals surface area contributed by atoms with Crippen LogP contribution in [0.5, 0.6) is 0 Å². The number of likely N-dealkylation sites (N-methyl/N-ethyl adjacent to an activating group) is 1. The second-order valence-corrected chi connectivity index (χ2v) is 26.3. The van der Waals surface area contributed by atoms with Gasteiger partial charge in [-0.2, -0.15) is 0 Å². The van der Waals surface area contributed by atoms with Gasteiger partial charge < -0.3 is 27.9 Å². The fraction of sp³-hybridized carbons (Fsp3) is 0.859. The number of quaternary nitrogens is 1. The van der Waals surface area contributed by atoms with Gasteiger partial charge in [-0.05, 0) is 51.4 Å². The second kappa shape index (κ2) is 62.5. The first-order valence-corrected chi connectivity index (χ1v) is 36.3. The third kappa shape index (κ3) is 67.0. The van der Waals surface area contributed by atoms with Gasteiger partial charge >= 0.3 is 11.9 Å². The summed E-state index contributed by atoms with van der Waals surface area (Å²) in [6.45, 7) is 4.17. The molecule has 0 aliphatic heterocycles. The Hall–Kier alpha value is -2.03. The zero-order chi connectivity index (χ0) is 59.1. The minimum Gasteiger partial charge on any atom is -0.756 e. The SMILES string of the molecule is CC/C=C\C/C=C\C/C=C\C/C=C\CCCCCCCCCCC(=O)OC(COC(=O)CCCCCCCCCCCCCCCCCCCCCCCCCCCCCCCCCCCCCC)COP(=O)([O-])OCC[N+](C)(C)C. The van der Waals surface area contributed by atoms with Crippen molar-refractivity contribution in [1.29, 1.82) is 0 Å². The molecule has 0 saturated heterocycles. The van der Waals surface area contributed by atoms with Crippen LogP contribution in [0.15, 0.2) is 48.6 Å². The molecule has 0 aromatic carbocycles. The molecule has 0 aliphatic rings. The predicted octanol–water partition coefficient (Wildman–Crippen LogP) is 21.8. The molecule has 81 heavy (non-hydrogen) atoms. The van der Waals surface area contributed by atoms with Crippen molar-refractivity contribution in [3.63, 3.8) is 0 Å². The number of esters is 2. The van der Waals surface area contributed by atoms with Crippen LogP contribution >= 0.6 is 7.82 Å². The maximum absolute atomic E-state index is 12.8. The van der Waals surface area contributed by atoms with Crippen molar-refractivity contribution < 1.29 is 42.1 Å². The Bertz CT molecular complexity index is 1510. The van der Waals surface area contributed by atoms with Crippen LogP contribution in [0.4, 0.5) is 0 Å². The van der Waals surface area contributed by atoms with Crippen LogP contribution in [0.3, 0.4) is 0 Å². The van der Waals surface area contributed by atoms with E-state index in [0.717, 1.165) is 70.6 Å². The zero-order valence-electron chi connectivity index (χ0n) is 54.2. The summed E-state index contributed by atoms with van der Waals surface area (Å²) < 4.78 is 34.3. The molecule has 0 saturated carbocycles. The fourth-order valence-corrected chi connectivity index (χ4v) is 11.0. The molecule has 0 aliphatic carbocycles. The van der Waals surface area contributed by atoms with Gasteiger partial charge in [-0.3, -0.25) is 14.2 Å². The molecule has 0 radical (unpaired) electrons. The van der Waals surface area contributed by atoms with Crippen LogP contribution in [-0.2, 0) is 32.7 Å². The molecule has 0 heterocycles. The largest absolute Gasteiger partial charge is 0.756 e. The average molecular weight is 1160 g/mol. The van der Waals surface area contributed by atoms with Crippen LogP contribution in [0.25, 0.3) is 0 Å². The molecule has 0 amide bonds. The van der Waals surface area contributed by atoms with Crippen LogP contribution < -0.4 is 4.89 Å². The number of unbranched alkanes of at least 4 members (excludes halogenated alkanes) is 43. The van der Waals surface area contributed by atoms with Gasteiger partial charge in [-0.15, -0.1) is 0 Å². The molecule has 2 unspecified atom stereocenters. The highest BCUT2D eigenvalue weighted by atomic mass is 31.2. The number of phosphoric ester groups is 1. The van der Waals surface area contributed by atoms with Crippen molar-refractivity contribution in [1.82, 2.24) is 0 Å². The maximum atomic E-state index is 12.8. The van der Waals surface area contributed by atoms with Gasteiger partial charge in [0.15, 0.2) is 6.10 Å². The van der Waals surface area contributed by atoms with E-state index in [1.54, 1.807) is 0 Å². The number of hydrogen-bond acceptors (Lipinski definition) is 8. The highest BCUT2D eigenvalue weighted by Gasteiger charge is 2.22. The second-order valence-electron chi connectivity index (χ2n) is 24.9. The van der Waals surface area contributed by atoms with E-state index in [2.05, 4.69) is 62.5 Å². The number of ether oxygens (including phenoxy) is 2. The molecular formula is C71H134NO8P. The molecular weight excluding hydrogens is 1030 g/mol. The standard InChI is InChI=1S/C71H134NO8P/c1-6-8-10-12-14-16-18-20-22-24-26-28-29-30-31-32-33-34-35-36-37-38-39-40-41-42-44-45-47-49-51-53-55-57-59-61-63-70(73)77-67-69(68-79-81(75,76)78-66-65-72(3,4)5)80-71(74)64-62-60-58-56-54-52-50-48-46-43-27-25-23-21-19-17-15-13-11-9-7-2/h9,11,15,17,21,23,27,43,69H,6-8,10,12-14,16,18-20,22,24-26,28-42,44-68H2,1-5H3/b11-9-,17-15-,23-21-,43-27-. The van der Waals surface area contributed by atoms with Crippen molar-refractivity contribution in [2.75, 3.05) is 47.5 Å². The Morgan fingerprint density at radius 2 is 0.704 bits per heavy atom. The fourth-order valence-electron chi connectivity index (χ4n) is 10.3. The summed E-state index contributed by atoms with van der Waals surface area (Å²) in [6.07, 6.45) is 80.7. The van der Waals surface area contributed by atoms with Gasteiger partial charge in [0.25, 0.3) is 7.82 Å². The first-order valence-electron chi connectivity index (χ1n) is 34.8. The van der Waals surface area contributed by atoms with E-state index >= 15 is 0 Å². The summed E-state index contributed by atoms with van der Waals surface area (Å²) >= 11 is 0. The van der Waals surface area contributed by atoms with E-state index in [-0.39, 0.29) is 32.0 Å². The monoisotopic (exact) mass is 1160 g/mol. The Morgan fingerprint density at radius 3 is 1.05 bits per heavy atom. The van der Waals surface area contributed by atoms with Crippen LogP contribution in [-0.4, -0.2) is 70.0 Å². The third-order valence-corrected chi connectivity index (χ3v) is 16.6. The summed E-state index contributed by atoms with van der Waals surface area (Å²) in [5.41, 5.74) is 0. The first kappa shape index (κ1) is 79.0. The minimum absolute atomic E-state index is 0.0322. The summed E-state index contributed by atoms with van der Waals surface area (Å²) in [5.74, 6) is -0.828. The topological polar surface area (TPSA) is 111 Å². The zero-order valence-corrected chi connectivity index (χ0v) is 55.1. The Kier molecular flexibility index (Phi) is 60.9. The number of phosphoric acid groups is 1. The van der Waals surface area contributed by atoms with Crippen molar-refractivity contribution in [3.8, 4) is 0 Å². The number of hydrogen-bond donors (Lipinski definition) is 0. The van der Waals surface area contributed by atoms with E-state index in [1.165, 1.54) is 238 Å². The quantitative estimate of drug-likeness (QED) is 0.0195. The average Bonchev–Trinajstić information content (AvgIpc) is 3.43. The molecule has 2 atom stereocenters. The lowest BCUT2D eigenvalue weighted by Crippen LogP contribution is -2.37. The molecule has 0 bridgehead atoms. The number of allylic oxidation sites excluding steroid dienone is 8. The van der Waals surface area contributed by atoms with E-state index in [1.807, 2.05) is 21.1 Å².